The summed E-state index contributed by atoms with van der Waals surface area (Å²) >= 11 is 3.31. The monoisotopic (exact) mass is 245 g/mol. The maximum absolute atomic E-state index is 4.32. The van der Waals surface area contributed by atoms with Crippen LogP contribution in [0.25, 0.3) is 0 Å². The van der Waals surface area contributed by atoms with E-state index >= 15 is 0 Å². The van der Waals surface area contributed by atoms with E-state index in [4.69, 9.17) is 0 Å². The number of hydrogen-bond acceptors (Lipinski definition) is 5. The summed E-state index contributed by atoms with van der Waals surface area (Å²) in [5.41, 5.74) is 0. The summed E-state index contributed by atoms with van der Waals surface area (Å²) in [7, 11) is 0. The molecule has 0 saturated heterocycles. The second kappa shape index (κ2) is 7.19. The van der Waals surface area contributed by atoms with Crippen molar-refractivity contribution < 1.29 is 0 Å². The Balaban J connectivity index is 2.10. The molecule has 0 amide bonds. The lowest BCUT2D eigenvalue weighted by Gasteiger charge is -2.11. The topological polar surface area (TPSA) is 37.8 Å². The van der Waals surface area contributed by atoms with Crippen LogP contribution in [0.1, 0.15) is 32.5 Å². The lowest BCUT2D eigenvalue weighted by atomic mass is 10.2. The van der Waals surface area contributed by atoms with Crippen LogP contribution in [0.2, 0.25) is 0 Å². The molecular weight excluding hydrogens is 226 g/mol. The summed E-state index contributed by atoms with van der Waals surface area (Å²) in [6, 6.07) is 0.603. The molecule has 1 rings (SSSR count). The first-order valence-electron chi connectivity index (χ1n) is 5.39. The van der Waals surface area contributed by atoms with Gasteiger partial charge in [0, 0.05) is 11.8 Å². The number of rotatable bonds is 7. The van der Waals surface area contributed by atoms with Crippen LogP contribution in [0, 0.1) is 6.92 Å². The van der Waals surface area contributed by atoms with Crippen molar-refractivity contribution in [2.24, 2.45) is 0 Å². The second-order valence-electron chi connectivity index (χ2n) is 3.60. The predicted molar refractivity (Wildman–Crippen MR) is 67.7 cm³/mol. The third kappa shape index (κ3) is 5.49. The van der Waals surface area contributed by atoms with E-state index in [2.05, 4.69) is 28.5 Å². The zero-order chi connectivity index (χ0) is 11.1. The highest BCUT2D eigenvalue weighted by Crippen LogP contribution is 2.20. The maximum atomic E-state index is 4.32. The molecular formula is C10H19N3S2. The van der Waals surface area contributed by atoms with Gasteiger partial charge in [0.05, 0.1) is 0 Å². The molecule has 1 atom stereocenters. The average molecular weight is 245 g/mol. The molecule has 0 bridgehead atoms. The lowest BCUT2D eigenvalue weighted by Crippen LogP contribution is -2.27. The van der Waals surface area contributed by atoms with Crippen molar-refractivity contribution in [3.8, 4) is 0 Å². The van der Waals surface area contributed by atoms with Gasteiger partial charge in [0.25, 0.3) is 0 Å². The number of nitrogens with one attached hydrogen (secondary N) is 1. The minimum absolute atomic E-state index is 0.603. The fourth-order valence-electron chi connectivity index (χ4n) is 1.15. The van der Waals surface area contributed by atoms with E-state index < -0.39 is 0 Å². The van der Waals surface area contributed by atoms with Crippen molar-refractivity contribution in [2.45, 2.75) is 44.0 Å². The van der Waals surface area contributed by atoms with Gasteiger partial charge in [-0.1, -0.05) is 18.7 Å². The van der Waals surface area contributed by atoms with Crippen molar-refractivity contribution in [1.82, 2.24) is 14.7 Å². The van der Waals surface area contributed by atoms with Crippen molar-refractivity contribution in [3.63, 3.8) is 0 Å². The fraction of sp³-hybridized carbons (Fsp3) is 0.800. The van der Waals surface area contributed by atoms with E-state index in [1.807, 2.05) is 18.7 Å². The Morgan fingerprint density at radius 1 is 1.53 bits per heavy atom. The third-order valence-corrected chi connectivity index (χ3v) is 3.99. The SMILES string of the molecule is CCCNC(C)CCSc1nc(C)ns1. The van der Waals surface area contributed by atoms with Gasteiger partial charge in [-0.2, -0.15) is 4.37 Å². The van der Waals surface area contributed by atoms with Gasteiger partial charge in [-0.25, -0.2) is 4.98 Å². The molecule has 3 nitrogen and oxygen atoms in total. The van der Waals surface area contributed by atoms with E-state index in [-0.39, 0.29) is 0 Å². The highest BCUT2D eigenvalue weighted by Gasteiger charge is 2.03. The van der Waals surface area contributed by atoms with Crippen molar-refractivity contribution in [2.75, 3.05) is 12.3 Å². The lowest BCUT2D eigenvalue weighted by molar-refractivity contribution is 0.536. The van der Waals surface area contributed by atoms with E-state index in [0.717, 1.165) is 22.5 Å². The van der Waals surface area contributed by atoms with Crippen molar-refractivity contribution >= 4 is 23.3 Å². The molecule has 0 fully saturated rings. The maximum Gasteiger partial charge on any atom is 0.170 e. The van der Waals surface area contributed by atoms with Crippen molar-refractivity contribution in [3.05, 3.63) is 5.82 Å². The molecule has 0 radical (unpaired) electrons. The molecule has 1 N–H and O–H groups in total. The Morgan fingerprint density at radius 2 is 2.33 bits per heavy atom. The minimum Gasteiger partial charge on any atom is -0.314 e. The number of aromatic nitrogens is 2. The molecule has 1 heterocycles. The quantitative estimate of drug-likeness (QED) is 0.750. The van der Waals surface area contributed by atoms with E-state index in [1.165, 1.54) is 24.4 Å². The molecule has 5 heteroatoms. The van der Waals surface area contributed by atoms with Gasteiger partial charge in [0.15, 0.2) is 4.34 Å². The smallest absolute Gasteiger partial charge is 0.170 e. The molecule has 15 heavy (non-hydrogen) atoms. The number of thioether (sulfide) groups is 1. The van der Waals surface area contributed by atoms with E-state index in [0.29, 0.717) is 6.04 Å². The highest BCUT2D eigenvalue weighted by molar-refractivity contribution is 8.00. The van der Waals surface area contributed by atoms with Crippen LogP contribution in [0.3, 0.4) is 0 Å². The molecule has 0 saturated carbocycles. The zero-order valence-corrected chi connectivity index (χ0v) is 11.2. The molecule has 0 aliphatic carbocycles. The summed E-state index contributed by atoms with van der Waals surface area (Å²) in [4.78, 5) is 4.32. The van der Waals surface area contributed by atoms with Gasteiger partial charge >= 0.3 is 0 Å². The molecule has 0 aromatic carbocycles. The van der Waals surface area contributed by atoms with Gasteiger partial charge in [-0.05, 0) is 44.8 Å². The Morgan fingerprint density at radius 3 is 2.93 bits per heavy atom. The van der Waals surface area contributed by atoms with Crippen LogP contribution in [0.15, 0.2) is 4.34 Å². The van der Waals surface area contributed by atoms with Crippen LogP contribution >= 0.6 is 23.3 Å². The molecule has 0 aliphatic heterocycles. The first-order valence-corrected chi connectivity index (χ1v) is 7.14. The molecule has 1 unspecified atom stereocenters. The largest absolute Gasteiger partial charge is 0.314 e. The average Bonchev–Trinajstić information content (AvgIpc) is 2.61. The van der Waals surface area contributed by atoms with Gasteiger partial charge in [-0.3, -0.25) is 0 Å². The Hall–Kier alpha value is -0.130. The third-order valence-electron chi connectivity index (χ3n) is 2.03. The second-order valence-corrected chi connectivity index (χ2v) is 5.69. The Labute approximate surface area is 100 Å². The molecule has 86 valence electrons. The van der Waals surface area contributed by atoms with E-state index in [9.17, 15) is 0 Å². The van der Waals surface area contributed by atoms with Gasteiger partial charge in [-0.15, -0.1) is 0 Å². The Bertz CT molecular complexity index is 275. The predicted octanol–water partition coefficient (Wildman–Crippen LogP) is 2.72. The standard InChI is InChI=1S/C10H19N3S2/c1-4-6-11-8(2)5-7-14-10-12-9(3)13-15-10/h8,11H,4-7H2,1-3H3. The number of aryl methyl sites for hydroxylation is 1. The molecule has 1 aromatic heterocycles. The highest BCUT2D eigenvalue weighted by atomic mass is 32.2. The number of nitrogens with zero attached hydrogens (tertiary/aromatic N) is 2. The first-order chi connectivity index (χ1) is 7.22. The van der Waals surface area contributed by atoms with Crippen LogP contribution in [-0.2, 0) is 0 Å². The summed E-state index contributed by atoms with van der Waals surface area (Å²) in [6.45, 7) is 7.48. The summed E-state index contributed by atoms with van der Waals surface area (Å²) in [6.07, 6.45) is 2.39. The van der Waals surface area contributed by atoms with Gasteiger partial charge in [0.1, 0.15) is 5.82 Å². The van der Waals surface area contributed by atoms with Crippen LogP contribution in [0.4, 0.5) is 0 Å². The summed E-state index contributed by atoms with van der Waals surface area (Å²) < 4.78 is 5.25. The van der Waals surface area contributed by atoms with Gasteiger partial charge < -0.3 is 5.32 Å². The molecule has 0 spiro atoms. The first kappa shape index (κ1) is 12.9. The van der Waals surface area contributed by atoms with E-state index in [1.54, 1.807) is 0 Å². The van der Waals surface area contributed by atoms with Gasteiger partial charge in [0.2, 0.25) is 0 Å². The molecule has 1 aromatic rings. The van der Waals surface area contributed by atoms with Crippen LogP contribution in [-0.4, -0.2) is 27.7 Å². The van der Waals surface area contributed by atoms with Crippen LogP contribution in [0.5, 0.6) is 0 Å². The minimum atomic E-state index is 0.603. The Kier molecular flexibility index (Phi) is 6.20. The summed E-state index contributed by atoms with van der Waals surface area (Å²) in [5, 5.41) is 3.48. The molecule has 0 aliphatic rings. The summed E-state index contributed by atoms with van der Waals surface area (Å²) in [5.74, 6) is 2.01. The normalized spacial score (nSPS) is 13.0. The number of hydrogen-bond donors (Lipinski definition) is 1. The van der Waals surface area contributed by atoms with Crippen LogP contribution < -0.4 is 5.32 Å². The fourth-order valence-corrected chi connectivity index (χ4v) is 2.99. The zero-order valence-electron chi connectivity index (χ0n) is 9.62. The van der Waals surface area contributed by atoms with Crippen molar-refractivity contribution in [1.29, 1.82) is 0 Å².